The van der Waals surface area contributed by atoms with Gasteiger partial charge in [0, 0.05) is 12.2 Å². The molecule has 1 aromatic heterocycles. The maximum atomic E-state index is 13.2. The number of carbonyl (C=O) groups is 1. The average Bonchev–Trinajstić information content (AvgIpc) is 3.20. The summed E-state index contributed by atoms with van der Waals surface area (Å²) in [7, 11) is 0. The first-order valence-electron chi connectivity index (χ1n) is 11.2. The number of likely N-dealkylation sites (tertiary alicyclic amines) is 1. The van der Waals surface area contributed by atoms with Gasteiger partial charge >= 0.3 is 0 Å². The summed E-state index contributed by atoms with van der Waals surface area (Å²) >= 11 is 0. The van der Waals surface area contributed by atoms with E-state index >= 15 is 0 Å². The molecule has 160 valence electrons. The minimum absolute atomic E-state index is 0.0310. The van der Waals surface area contributed by atoms with Gasteiger partial charge in [0.05, 0.1) is 23.8 Å². The fourth-order valence-corrected chi connectivity index (χ4v) is 5.02. The molecule has 1 aromatic carbocycles. The second-order valence-corrected chi connectivity index (χ2v) is 9.05. The van der Waals surface area contributed by atoms with Crippen molar-refractivity contribution in [1.82, 2.24) is 9.88 Å². The second-order valence-electron chi connectivity index (χ2n) is 9.05. The third kappa shape index (κ3) is 4.89. The summed E-state index contributed by atoms with van der Waals surface area (Å²) in [6.07, 6.45) is 7.37. The van der Waals surface area contributed by atoms with Crippen molar-refractivity contribution >= 4 is 5.91 Å². The highest BCUT2D eigenvalue weighted by atomic mass is 19.1. The Bertz CT molecular complexity index is 891. The fourth-order valence-electron chi connectivity index (χ4n) is 5.02. The summed E-state index contributed by atoms with van der Waals surface area (Å²) < 4.78 is 13.2. The van der Waals surface area contributed by atoms with Gasteiger partial charge in [-0.05, 0) is 74.4 Å². The zero-order chi connectivity index (χ0) is 21.1. The molecular weight excluding hydrogens is 379 g/mol. The number of hydrogen-bond acceptors (Lipinski definition) is 3. The maximum absolute atomic E-state index is 13.2. The van der Waals surface area contributed by atoms with Gasteiger partial charge in [0.1, 0.15) is 5.82 Å². The molecule has 0 spiro atoms. The average molecular weight is 411 g/mol. The molecule has 0 bridgehead atoms. The molecule has 4 nitrogen and oxygen atoms in total. The van der Waals surface area contributed by atoms with Gasteiger partial charge in [0.2, 0.25) is 5.91 Å². The number of halogens is 1. The Balaban J connectivity index is 1.51. The Morgan fingerprint density at radius 3 is 2.60 bits per heavy atom. The molecular formula is C25H31FN2O2. The van der Waals surface area contributed by atoms with E-state index in [9.17, 15) is 14.3 Å². The van der Waals surface area contributed by atoms with Gasteiger partial charge in [-0.3, -0.25) is 9.78 Å². The van der Waals surface area contributed by atoms with E-state index in [1.807, 2.05) is 11.8 Å². The Hall–Kier alpha value is -2.27. The van der Waals surface area contributed by atoms with Crippen molar-refractivity contribution in [3.63, 3.8) is 0 Å². The number of amides is 1. The van der Waals surface area contributed by atoms with Gasteiger partial charge in [0.15, 0.2) is 0 Å². The number of nitrogens with zero attached hydrogens (tertiary/aromatic N) is 2. The number of benzene rings is 1. The lowest BCUT2D eigenvalue weighted by Gasteiger charge is -2.34. The van der Waals surface area contributed by atoms with Crippen molar-refractivity contribution < 1.29 is 14.3 Å². The van der Waals surface area contributed by atoms with Crippen LogP contribution in [0, 0.1) is 12.7 Å². The normalized spacial score (nSPS) is 21.0. The van der Waals surface area contributed by atoms with E-state index in [4.69, 9.17) is 4.98 Å². The monoisotopic (exact) mass is 410 g/mol. The van der Waals surface area contributed by atoms with Crippen LogP contribution < -0.4 is 0 Å². The van der Waals surface area contributed by atoms with Gasteiger partial charge in [-0.1, -0.05) is 31.4 Å². The quantitative estimate of drug-likeness (QED) is 0.765. The minimum Gasteiger partial charge on any atom is -0.389 e. The second kappa shape index (κ2) is 8.84. The van der Waals surface area contributed by atoms with Crippen molar-refractivity contribution in [3.8, 4) is 0 Å². The summed E-state index contributed by atoms with van der Waals surface area (Å²) in [5, 5.41) is 10.8. The van der Waals surface area contributed by atoms with E-state index in [-0.39, 0.29) is 24.2 Å². The molecule has 2 aromatic rings. The van der Waals surface area contributed by atoms with Crippen LogP contribution in [0.15, 0.2) is 36.4 Å². The molecule has 1 saturated carbocycles. The first-order chi connectivity index (χ1) is 14.4. The zero-order valence-corrected chi connectivity index (χ0v) is 17.7. The summed E-state index contributed by atoms with van der Waals surface area (Å²) in [6.45, 7) is 2.70. The van der Waals surface area contributed by atoms with E-state index in [2.05, 4.69) is 12.1 Å². The lowest BCUT2D eigenvalue weighted by Crippen LogP contribution is -2.40. The van der Waals surface area contributed by atoms with E-state index in [0.29, 0.717) is 6.42 Å². The highest BCUT2D eigenvalue weighted by molar-refractivity contribution is 5.78. The van der Waals surface area contributed by atoms with Crippen molar-refractivity contribution in [2.75, 3.05) is 6.54 Å². The van der Waals surface area contributed by atoms with Gasteiger partial charge in [0.25, 0.3) is 0 Å². The largest absolute Gasteiger partial charge is 0.389 e. The molecule has 0 radical (unpaired) electrons. The Labute approximate surface area is 178 Å². The molecule has 1 amide bonds. The molecule has 1 N–H and O–H groups in total. The number of aryl methyl sites for hydroxylation is 1. The van der Waals surface area contributed by atoms with Crippen LogP contribution in [0.5, 0.6) is 0 Å². The first kappa shape index (κ1) is 21.0. The third-order valence-corrected chi connectivity index (χ3v) is 6.53. The van der Waals surface area contributed by atoms with E-state index in [1.54, 1.807) is 12.1 Å². The molecule has 2 fully saturated rings. The smallest absolute Gasteiger partial charge is 0.226 e. The Morgan fingerprint density at radius 1 is 1.13 bits per heavy atom. The Morgan fingerprint density at radius 2 is 1.87 bits per heavy atom. The lowest BCUT2D eigenvalue weighted by atomic mass is 9.82. The van der Waals surface area contributed by atoms with Crippen LogP contribution >= 0.6 is 0 Å². The standard InChI is InChI=1S/C25H31FN2O2/c1-18-14-20(15-19-7-9-21(26)10-8-19)16-22(27-18)23-6-5-13-28(23)24(29)17-25(30)11-3-2-4-12-25/h7-10,14,16,23,30H,2-6,11-13,15,17H2,1H3/t23-/m0/s1. The van der Waals surface area contributed by atoms with Crippen LogP contribution in [0.3, 0.4) is 0 Å². The number of aromatic nitrogens is 1. The zero-order valence-electron chi connectivity index (χ0n) is 17.7. The highest BCUT2D eigenvalue weighted by Crippen LogP contribution is 2.36. The van der Waals surface area contributed by atoms with Crippen molar-refractivity contribution in [2.45, 2.75) is 76.4 Å². The Kier molecular flexibility index (Phi) is 6.19. The molecule has 5 heteroatoms. The molecule has 1 atom stereocenters. The lowest BCUT2D eigenvalue weighted by molar-refractivity contribution is -0.138. The SMILES string of the molecule is Cc1cc(Cc2ccc(F)cc2)cc([C@@H]2CCCN2C(=O)CC2(O)CCCCC2)n1. The predicted octanol–water partition coefficient (Wildman–Crippen LogP) is 4.87. The molecule has 1 aliphatic carbocycles. The third-order valence-electron chi connectivity index (χ3n) is 6.53. The summed E-state index contributed by atoms with van der Waals surface area (Å²) in [5.74, 6) is -0.185. The molecule has 1 aliphatic heterocycles. The topological polar surface area (TPSA) is 53.4 Å². The van der Waals surface area contributed by atoms with Gasteiger partial charge in [-0.2, -0.15) is 0 Å². The number of hydrogen-bond donors (Lipinski definition) is 1. The molecule has 4 rings (SSSR count). The van der Waals surface area contributed by atoms with E-state index in [0.717, 1.165) is 74.0 Å². The van der Waals surface area contributed by atoms with Crippen LogP contribution in [0.1, 0.15) is 79.9 Å². The van der Waals surface area contributed by atoms with E-state index in [1.165, 1.54) is 12.1 Å². The highest BCUT2D eigenvalue weighted by Gasteiger charge is 2.37. The maximum Gasteiger partial charge on any atom is 0.226 e. The van der Waals surface area contributed by atoms with Crippen molar-refractivity contribution in [1.29, 1.82) is 0 Å². The van der Waals surface area contributed by atoms with E-state index < -0.39 is 5.60 Å². The fraction of sp³-hybridized carbons (Fsp3) is 0.520. The summed E-state index contributed by atoms with van der Waals surface area (Å²) in [5.41, 5.74) is 3.18. The minimum atomic E-state index is -0.837. The van der Waals surface area contributed by atoms with Crippen LogP contribution in [0.25, 0.3) is 0 Å². The summed E-state index contributed by atoms with van der Waals surface area (Å²) in [4.78, 5) is 19.8. The number of pyridine rings is 1. The first-order valence-corrected chi connectivity index (χ1v) is 11.2. The molecule has 2 aliphatic rings. The predicted molar refractivity (Wildman–Crippen MR) is 115 cm³/mol. The number of carbonyl (C=O) groups excluding carboxylic acids is 1. The number of aliphatic hydroxyl groups is 1. The van der Waals surface area contributed by atoms with Crippen LogP contribution in [0.4, 0.5) is 4.39 Å². The van der Waals surface area contributed by atoms with Gasteiger partial charge < -0.3 is 10.0 Å². The van der Waals surface area contributed by atoms with Crippen LogP contribution in [-0.4, -0.2) is 33.0 Å². The molecule has 0 unspecified atom stereocenters. The van der Waals surface area contributed by atoms with Crippen molar-refractivity contribution in [3.05, 3.63) is 64.7 Å². The molecule has 2 heterocycles. The summed E-state index contributed by atoms with van der Waals surface area (Å²) in [6, 6.07) is 10.7. The number of rotatable bonds is 5. The molecule has 1 saturated heterocycles. The molecule has 30 heavy (non-hydrogen) atoms. The van der Waals surface area contributed by atoms with Crippen molar-refractivity contribution in [2.24, 2.45) is 0 Å². The van der Waals surface area contributed by atoms with Crippen LogP contribution in [-0.2, 0) is 11.2 Å². The van der Waals surface area contributed by atoms with Gasteiger partial charge in [-0.15, -0.1) is 0 Å². The van der Waals surface area contributed by atoms with Gasteiger partial charge in [-0.25, -0.2) is 4.39 Å². The van der Waals surface area contributed by atoms with Crippen LogP contribution in [0.2, 0.25) is 0 Å².